The first-order chi connectivity index (χ1) is 12.2. The van der Waals surface area contributed by atoms with E-state index in [0.29, 0.717) is 0 Å². The van der Waals surface area contributed by atoms with Crippen LogP contribution in [0.25, 0.3) is 22.2 Å². The standard InChI is InChI=1S/C22H25NO2/c1-2-3-4-7-14-23-20-9-6-5-8-19(20)16-21(23)18-12-10-17(11-13-18)15-22(24)25/h5-6,8-13,16H,2-4,7,14-15H2,1H3,(H,24,25). The van der Waals surface area contributed by atoms with Crippen molar-refractivity contribution >= 4 is 16.9 Å². The molecule has 0 fully saturated rings. The molecule has 0 spiro atoms. The Morgan fingerprint density at radius 3 is 2.48 bits per heavy atom. The number of carboxylic acids is 1. The Hall–Kier alpha value is -2.55. The van der Waals surface area contributed by atoms with E-state index in [9.17, 15) is 4.79 Å². The van der Waals surface area contributed by atoms with E-state index in [2.05, 4.69) is 41.8 Å². The van der Waals surface area contributed by atoms with E-state index >= 15 is 0 Å². The highest BCUT2D eigenvalue weighted by Gasteiger charge is 2.10. The number of fused-ring (bicyclic) bond motifs is 1. The first-order valence-electron chi connectivity index (χ1n) is 9.08. The molecule has 1 N–H and O–H groups in total. The molecule has 0 amide bonds. The van der Waals surface area contributed by atoms with Crippen molar-refractivity contribution in [3.63, 3.8) is 0 Å². The van der Waals surface area contributed by atoms with E-state index in [1.807, 2.05) is 24.3 Å². The van der Waals surface area contributed by atoms with Gasteiger partial charge in [-0.15, -0.1) is 0 Å². The van der Waals surface area contributed by atoms with E-state index in [-0.39, 0.29) is 6.42 Å². The van der Waals surface area contributed by atoms with Crippen molar-refractivity contribution in [3.05, 3.63) is 60.2 Å². The maximum Gasteiger partial charge on any atom is 0.307 e. The molecule has 0 saturated heterocycles. The van der Waals surface area contributed by atoms with Crippen molar-refractivity contribution in [1.29, 1.82) is 0 Å². The smallest absolute Gasteiger partial charge is 0.307 e. The molecule has 3 nitrogen and oxygen atoms in total. The van der Waals surface area contributed by atoms with Crippen molar-refractivity contribution in [1.82, 2.24) is 4.57 Å². The van der Waals surface area contributed by atoms with Crippen LogP contribution in [0.4, 0.5) is 0 Å². The van der Waals surface area contributed by atoms with Gasteiger partial charge in [-0.1, -0.05) is 68.7 Å². The summed E-state index contributed by atoms with van der Waals surface area (Å²) in [6, 6.07) is 18.6. The van der Waals surface area contributed by atoms with Crippen molar-refractivity contribution in [2.45, 2.75) is 45.6 Å². The Balaban J connectivity index is 1.92. The van der Waals surface area contributed by atoms with Gasteiger partial charge in [0.2, 0.25) is 0 Å². The second-order valence-electron chi connectivity index (χ2n) is 6.57. The largest absolute Gasteiger partial charge is 0.481 e. The number of nitrogens with zero attached hydrogens (tertiary/aromatic N) is 1. The highest BCUT2D eigenvalue weighted by molar-refractivity contribution is 5.87. The van der Waals surface area contributed by atoms with Gasteiger partial charge in [-0.25, -0.2) is 0 Å². The Morgan fingerprint density at radius 2 is 1.76 bits per heavy atom. The zero-order valence-electron chi connectivity index (χ0n) is 14.7. The van der Waals surface area contributed by atoms with Crippen molar-refractivity contribution < 1.29 is 9.90 Å². The molecule has 0 unspecified atom stereocenters. The molecule has 0 aliphatic rings. The number of benzene rings is 2. The lowest BCUT2D eigenvalue weighted by atomic mass is 10.1. The molecule has 0 aliphatic carbocycles. The number of rotatable bonds is 8. The van der Waals surface area contributed by atoms with Gasteiger partial charge >= 0.3 is 5.97 Å². The summed E-state index contributed by atoms with van der Waals surface area (Å²) in [4.78, 5) is 10.9. The maximum absolute atomic E-state index is 10.9. The van der Waals surface area contributed by atoms with Crippen LogP contribution in [-0.4, -0.2) is 15.6 Å². The summed E-state index contributed by atoms with van der Waals surface area (Å²) in [5, 5.41) is 10.2. The summed E-state index contributed by atoms with van der Waals surface area (Å²) >= 11 is 0. The first kappa shape index (κ1) is 17.3. The molecule has 0 radical (unpaired) electrons. The fourth-order valence-corrected chi connectivity index (χ4v) is 3.36. The molecule has 25 heavy (non-hydrogen) atoms. The van der Waals surface area contributed by atoms with Gasteiger partial charge in [0.15, 0.2) is 0 Å². The van der Waals surface area contributed by atoms with E-state index in [1.165, 1.54) is 42.3 Å². The summed E-state index contributed by atoms with van der Waals surface area (Å²) in [6.07, 6.45) is 5.01. The number of hydrogen-bond acceptors (Lipinski definition) is 1. The Kier molecular flexibility index (Phi) is 5.54. The Labute approximate surface area is 148 Å². The zero-order chi connectivity index (χ0) is 17.6. The van der Waals surface area contributed by atoms with Gasteiger partial charge in [0.1, 0.15) is 0 Å². The number of hydrogen-bond donors (Lipinski definition) is 1. The second kappa shape index (κ2) is 8.02. The van der Waals surface area contributed by atoms with Gasteiger partial charge in [0, 0.05) is 23.1 Å². The fraction of sp³-hybridized carbons (Fsp3) is 0.318. The molecule has 130 valence electrons. The van der Waals surface area contributed by atoms with E-state index in [0.717, 1.165) is 17.7 Å². The lowest BCUT2D eigenvalue weighted by Crippen LogP contribution is -2.01. The molecule has 3 heteroatoms. The highest BCUT2D eigenvalue weighted by Crippen LogP contribution is 2.29. The predicted octanol–water partition coefficient (Wildman–Crippen LogP) is 5.52. The van der Waals surface area contributed by atoms with Crippen LogP contribution in [-0.2, 0) is 17.8 Å². The van der Waals surface area contributed by atoms with Gasteiger partial charge in [-0.05, 0) is 29.7 Å². The number of para-hydroxylation sites is 1. The first-order valence-corrected chi connectivity index (χ1v) is 9.08. The molecule has 0 atom stereocenters. The summed E-state index contributed by atoms with van der Waals surface area (Å²) < 4.78 is 2.40. The Bertz CT molecular complexity index is 846. The number of aromatic nitrogens is 1. The molecule has 3 rings (SSSR count). The highest BCUT2D eigenvalue weighted by atomic mass is 16.4. The van der Waals surface area contributed by atoms with E-state index in [4.69, 9.17) is 5.11 Å². The molecule has 0 bridgehead atoms. The fourth-order valence-electron chi connectivity index (χ4n) is 3.36. The minimum atomic E-state index is -0.794. The number of aryl methyl sites for hydroxylation is 1. The molecule has 0 saturated carbocycles. The summed E-state index contributed by atoms with van der Waals surface area (Å²) in [6.45, 7) is 3.24. The van der Waals surface area contributed by atoms with Crippen molar-refractivity contribution in [2.75, 3.05) is 0 Å². The Morgan fingerprint density at radius 1 is 1.00 bits per heavy atom. The zero-order valence-corrected chi connectivity index (χ0v) is 14.7. The third-order valence-corrected chi connectivity index (χ3v) is 4.65. The average Bonchev–Trinajstić information content (AvgIpc) is 2.98. The maximum atomic E-state index is 10.9. The number of aliphatic carboxylic acids is 1. The van der Waals surface area contributed by atoms with Crippen LogP contribution in [0.15, 0.2) is 54.6 Å². The molecular weight excluding hydrogens is 310 g/mol. The topological polar surface area (TPSA) is 42.2 Å². The second-order valence-corrected chi connectivity index (χ2v) is 6.57. The van der Waals surface area contributed by atoms with Gasteiger partial charge in [0.25, 0.3) is 0 Å². The average molecular weight is 335 g/mol. The SMILES string of the molecule is CCCCCCn1c(-c2ccc(CC(=O)O)cc2)cc2ccccc21. The van der Waals surface area contributed by atoms with E-state index in [1.54, 1.807) is 0 Å². The lowest BCUT2D eigenvalue weighted by Gasteiger charge is -2.11. The number of carboxylic acid groups (broad SMARTS) is 1. The lowest BCUT2D eigenvalue weighted by molar-refractivity contribution is -0.136. The van der Waals surface area contributed by atoms with Gasteiger partial charge in [-0.3, -0.25) is 4.79 Å². The minimum absolute atomic E-state index is 0.0697. The van der Waals surface area contributed by atoms with Gasteiger partial charge < -0.3 is 9.67 Å². The molecule has 1 heterocycles. The normalized spacial score (nSPS) is 11.1. The van der Waals surface area contributed by atoms with Crippen molar-refractivity contribution in [3.8, 4) is 11.3 Å². The van der Waals surface area contributed by atoms with Crippen LogP contribution >= 0.6 is 0 Å². The van der Waals surface area contributed by atoms with E-state index < -0.39 is 5.97 Å². The molecule has 0 aliphatic heterocycles. The van der Waals surface area contributed by atoms with Gasteiger partial charge in [-0.2, -0.15) is 0 Å². The van der Waals surface area contributed by atoms with Crippen LogP contribution < -0.4 is 0 Å². The molecular formula is C22H25NO2. The van der Waals surface area contributed by atoms with Crippen molar-refractivity contribution in [2.24, 2.45) is 0 Å². The molecule has 3 aromatic rings. The van der Waals surface area contributed by atoms with Crippen LogP contribution in [0.2, 0.25) is 0 Å². The quantitative estimate of drug-likeness (QED) is 0.551. The predicted molar refractivity (Wildman–Crippen MR) is 103 cm³/mol. The summed E-state index contributed by atoms with van der Waals surface area (Å²) in [7, 11) is 0. The number of unbranched alkanes of at least 4 members (excludes halogenated alkanes) is 3. The molecule has 1 aromatic heterocycles. The molecule has 2 aromatic carbocycles. The third kappa shape index (κ3) is 4.11. The van der Waals surface area contributed by atoms with Crippen LogP contribution in [0, 0.1) is 0 Å². The van der Waals surface area contributed by atoms with Crippen LogP contribution in [0.3, 0.4) is 0 Å². The third-order valence-electron chi connectivity index (χ3n) is 4.65. The van der Waals surface area contributed by atoms with Crippen LogP contribution in [0.5, 0.6) is 0 Å². The van der Waals surface area contributed by atoms with Crippen LogP contribution in [0.1, 0.15) is 38.2 Å². The summed E-state index contributed by atoms with van der Waals surface area (Å²) in [5.41, 5.74) is 4.45. The van der Waals surface area contributed by atoms with Gasteiger partial charge in [0.05, 0.1) is 6.42 Å². The number of carbonyl (C=O) groups is 1. The monoisotopic (exact) mass is 335 g/mol. The summed E-state index contributed by atoms with van der Waals surface area (Å²) in [5.74, 6) is -0.794. The minimum Gasteiger partial charge on any atom is -0.481 e.